The van der Waals surface area contributed by atoms with Crippen LogP contribution in [-0.2, 0) is 11.3 Å². The number of hydrogen-bond donors (Lipinski definition) is 3. The van der Waals surface area contributed by atoms with Crippen molar-refractivity contribution in [3.05, 3.63) is 82.0 Å². The van der Waals surface area contributed by atoms with Crippen LogP contribution in [0.2, 0.25) is 10.0 Å². The zero-order valence-corrected chi connectivity index (χ0v) is 25.2. The Morgan fingerprint density at radius 3 is 2.55 bits per heavy atom. The van der Waals surface area contributed by atoms with Crippen LogP contribution in [0.4, 0.5) is 0 Å². The van der Waals surface area contributed by atoms with E-state index in [0.29, 0.717) is 52.6 Å². The molecule has 1 aliphatic rings. The number of pyridine rings is 2. The van der Waals surface area contributed by atoms with Gasteiger partial charge in [0.05, 0.1) is 35.7 Å². The molecule has 3 heterocycles. The first-order chi connectivity index (χ1) is 20.3. The van der Waals surface area contributed by atoms with Gasteiger partial charge >= 0.3 is 0 Å². The topological polar surface area (TPSA) is 111 Å². The summed E-state index contributed by atoms with van der Waals surface area (Å²) in [5.74, 6) is 1.28. The Morgan fingerprint density at radius 2 is 1.83 bits per heavy atom. The molecule has 2 aromatic carbocycles. The standard InChI is InChI=1S/C32H33Cl2N5O3/c1-18(35)22-10-7-19(15-27(22)41-2)31-30(34)24(13-14-37-31)23-5-4-6-25(29(23)33)26-11-8-20(32(39-26)42-3)16-36-17-21-9-12-28(40)38-21/h4-8,10-11,13-15,18,21,36H,9,12,16-17,35H2,1-3H3,(H,38,40)/t18-,21?/m0/s1. The fourth-order valence-corrected chi connectivity index (χ4v) is 5.81. The lowest BCUT2D eigenvalue weighted by Crippen LogP contribution is -2.35. The first-order valence-corrected chi connectivity index (χ1v) is 14.5. The number of methoxy groups -OCH3 is 2. The molecule has 0 aliphatic carbocycles. The van der Waals surface area contributed by atoms with E-state index in [2.05, 4.69) is 15.6 Å². The third kappa shape index (κ3) is 6.22. The second-order valence-electron chi connectivity index (χ2n) is 10.2. The van der Waals surface area contributed by atoms with Crippen molar-refractivity contribution in [2.75, 3.05) is 20.8 Å². The molecule has 4 N–H and O–H groups in total. The maximum absolute atomic E-state index is 11.5. The Balaban J connectivity index is 1.43. The number of carbonyl (C=O) groups is 1. The molecule has 1 saturated heterocycles. The summed E-state index contributed by atoms with van der Waals surface area (Å²) in [6.07, 6.45) is 3.13. The van der Waals surface area contributed by atoms with Gasteiger partial charge in [-0.15, -0.1) is 0 Å². The summed E-state index contributed by atoms with van der Waals surface area (Å²) >= 11 is 14.0. The van der Waals surface area contributed by atoms with Crippen LogP contribution in [-0.4, -0.2) is 42.7 Å². The minimum atomic E-state index is -0.177. The zero-order chi connectivity index (χ0) is 29.8. The van der Waals surface area contributed by atoms with Crippen molar-refractivity contribution in [2.45, 2.75) is 38.4 Å². The molecule has 4 aromatic rings. The van der Waals surface area contributed by atoms with E-state index in [4.69, 9.17) is 43.4 Å². The summed E-state index contributed by atoms with van der Waals surface area (Å²) in [7, 11) is 3.21. The minimum absolute atomic E-state index is 0.102. The zero-order valence-electron chi connectivity index (χ0n) is 23.7. The molecule has 0 radical (unpaired) electrons. The minimum Gasteiger partial charge on any atom is -0.496 e. The van der Waals surface area contributed by atoms with Crippen LogP contribution in [0, 0.1) is 0 Å². The number of rotatable bonds is 10. The average molecular weight is 607 g/mol. The van der Waals surface area contributed by atoms with Crippen LogP contribution in [0.5, 0.6) is 11.6 Å². The molecule has 10 heteroatoms. The summed E-state index contributed by atoms with van der Waals surface area (Å²) in [6.45, 7) is 3.15. The molecule has 8 nitrogen and oxygen atoms in total. The molecule has 2 aromatic heterocycles. The first kappa shape index (κ1) is 29.8. The number of benzene rings is 2. The van der Waals surface area contributed by atoms with Gasteiger partial charge in [-0.05, 0) is 31.5 Å². The fraction of sp³-hybridized carbons (Fsp3) is 0.281. The van der Waals surface area contributed by atoms with Gasteiger partial charge in [0.25, 0.3) is 0 Å². The van der Waals surface area contributed by atoms with Gasteiger partial charge in [-0.1, -0.05) is 59.6 Å². The number of ether oxygens (including phenoxy) is 2. The van der Waals surface area contributed by atoms with Crippen molar-refractivity contribution in [3.8, 4) is 45.3 Å². The maximum atomic E-state index is 11.5. The highest BCUT2D eigenvalue weighted by Gasteiger charge is 2.21. The number of carbonyl (C=O) groups excluding carboxylic acids is 1. The molecule has 5 rings (SSSR count). The highest BCUT2D eigenvalue weighted by atomic mass is 35.5. The quantitative estimate of drug-likeness (QED) is 0.197. The highest BCUT2D eigenvalue weighted by molar-refractivity contribution is 6.39. The summed E-state index contributed by atoms with van der Waals surface area (Å²) in [4.78, 5) is 20.8. The van der Waals surface area contributed by atoms with Crippen molar-refractivity contribution in [2.24, 2.45) is 5.73 Å². The maximum Gasteiger partial charge on any atom is 0.220 e. The number of hydrogen-bond acceptors (Lipinski definition) is 7. The van der Waals surface area contributed by atoms with E-state index in [-0.39, 0.29) is 18.0 Å². The van der Waals surface area contributed by atoms with E-state index in [0.717, 1.165) is 39.8 Å². The number of nitrogens with one attached hydrogen (secondary N) is 2. The van der Waals surface area contributed by atoms with Crippen molar-refractivity contribution in [3.63, 3.8) is 0 Å². The predicted molar refractivity (Wildman–Crippen MR) is 167 cm³/mol. The second-order valence-corrected chi connectivity index (χ2v) is 11.0. The van der Waals surface area contributed by atoms with E-state index in [1.165, 1.54) is 0 Å². The Bertz CT molecular complexity index is 1610. The molecule has 1 amide bonds. The summed E-state index contributed by atoms with van der Waals surface area (Å²) < 4.78 is 11.2. The Labute approximate surface area is 255 Å². The Kier molecular flexibility index (Phi) is 9.28. The Morgan fingerprint density at radius 1 is 1.05 bits per heavy atom. The van der Waals surface area contributed by atoms with E-state index in [1.807, 2.05) is 61.5 Å². The smallest absolute Gasteiger partial charge is 0.220 e. The second kappa shape index (κ2) is 13.1. The third-order valence-corrected chi connectivity index (χ3v) is 8.16. The van der Waals surface area contributed by atoms with E-state index in [1.54, 1.807) is 20.4 Å². The molecule has 218 valence electrons. The van der Waals surface area contributed by atoms with Gasteiger partial charge < -0.3 is 25.8 Å². The molecule has 1 fully saturated rings. The first-order valence-electron chi connectivity index (χ1n) is 13.7. The molecule has 1 aliphatic heterocycles. The highest BCUT2D eigenvalue weighted by Crippen LogP contribution is 2.42. The van der Waals surface area contributed by atoms with E-state index in [9.17, 15) is 4.79 Å². The molecule has 0 spiro atoms. The number of nitrogens with zero attached hydrogens (tertiary/aromatic N) is 2. The van der Waals surface area contributed by atoms with Crippen LogP contribution in [0.1, 0.15) is 36.9 Å². The van der Waals surface area contributed by atoms with Crippen LogP contribution >= 0.6 is 23.2 Å². The van der Waals surface area contributed by atoms with Crippen molar-refractivity contribution in [1.82, 2.24) is 20.6 Å². The van der Waals surface area contributed by atoms with Gasteiger partial charge in [-0.2, -0.15) is 0 Å². The number of nitrogens with two attached hydrogens (primary N) is 1. The molecule has 0 saturated carbocycles. The van der Waals surface area contributed by atoms with Crippen LogP contribution in [0.15, 0.2) is 60.8 Å². The van der Waals surface area contributed by atoms with Gasteiger partial charge in [0, 0.05) is 71.2 Å². The van der Waals surface area contributed by atoms with Gasteiger partial charge in [-0.3, -0.25) is 9.78 Å². The SMILES string of the molecule is COc1cc(-c2nccc(-c3cccc(-c4ccc(CNCC5CCC(=O)N5)c(OC)n4)c3Cl)c2Cl)ccc1[C@H](C)N. The van der Waals surface area contributed by atoms with E-state index < -0.39 is 0 Å². The molecular weight excluding hydrogens is 573 g/mol. The van der Waals surface area contributed by atoms with E-state index >= 15 is 0 Å². The van der Waals surface area contributed by atoms with Gasteiger partial charge in [0.15, 0.2) is 0 Å². The summed E-state index contributed by atoms with van der Waals surface area (Å²) in [6, 6.07) is 17.2. The predicted octanol–water partition coefficient (Wildman–Crippen LogP) is 6.19. The summed E-state index contributed by atoms with van der Waals surface area (Å²) in [5, 5.41) is 7.33. The lowest BCUT2D eigenvalue weighted by atomic mass is 9.98. The average Bonchev–Trinajstić information content (AvgIpc) is 3.42. The van der Waals surface area contributed by atoms with Crippen molar-refractivity contribution < 1.29 is 14.3 Å². The normalized spacial score (nSPS) is 15.4. The van der Waals surface area contributed by atoms with Gasteiger partial charge in [0.2, 0.25) is 11.8 Å². The number of amides is 1. The molecule has 1 unspecified atom stereocenters. The van der Waals surface area contributed by atoms with Gasteiger partial charge in [-0.25, -0.2) is 4.98 Å². The lowest BCUT2D eigenvalue weighted by molar-refractivity contribution is -0.119. The largest absolute Gasteiger partial charge is 0.496 e. The molecule has 0 bridgehead atoms. The Hall–Kier alpha value is -3.69. The van der Waals surface area contributed by atoms with Crippen molar-refractivity contribution in [1.29, 1.82) is 0 Å². The van der Waals surface area contributed by atoms with Crippen LogP contribution in [0.3, 0.4) is 0 Å². The third-order valence-electron chi connectivity index (χ3n) is 7.38. The molecule has 42 heavy (non-hydrogen) atoms. The molecular formula is C32H33Cl2N5O3. The fourth-order valence-electron chi connectivity index (χ4n) is 5.17. The lowest BCUT2D eigenvalue weighted by Gasteiger charge is -2.16. The van der Waals surface area contributed by atoms with Crippen molar-refractivity contribution >= 4 is 29.1 Å². The van der Waals surface area contributed by atoms with Crippen LogP contribution < -0.4 is 25.8 Å². The molecule has 2 atom stereocenters. The van der Waals surface area contributed by atoms with Gasteiger partial charge in [0.1, 0.15) is 5.75 Å². The number of halogens is 2. The number of aromatic nitrogens is 2. The monoisotopic (exact) mass is 605 g/mol. The van der Waals surface area contributed by atoms with Crippen LogP contribution in [0.25, 0.3) is 33.6 Å². The summed E-state index contributed by atoms with van der Waals surface area (Å²) in [5.41, 5.74) is 12.2.